The molecule has 1 aromatic rings. The first-order valence-electron chi connectivity index (χ1n) is 5.32. The maximum atomic E-state index is 5.75. The number of aryl methyl sites for hydroxylation is 1. The number of thioether (sulfide) groups is 1. The van der Waals surface area contributed by atoms with Gasteiger partial charge in [0.15, 0.2) is 0 Å². The number of anilines is 1. The summed E-state index contributed by atoms with van der Waals surface area (Å²) in [5, 5.41) is 0. The van der Waals surface area contributed by atoms with Crippen molar-refractivity contribution in [2.45, 2.75) is 24.7 Å². The van der Waals surface area contributed by atoms with Gasteiger partial charge in [-0.3, -0.25) is 0 Å². The molecule has 0 unspecified atom stereocenters. The quantitative estimate of drug-likeness (QED) is 0.360. The number of benzene rings is 1. The van der Waals surface area contributed by atoms with Crippen molar-refractivity contribution in [3.05, 3.63) is 23.8 Å². The summed E-state index contributed by atoms with van der Waals surface area (Å²) in [5.74, 6) is 1.60. The van der Waals surface area contributed by atoms with Crippen LogP contribution in [0, 0.1) is 12.8 Å². The first-order valence-corrected chi connectivity index (χ1v) is 6.31. The van der Waals surface area contributed by atoms with Crippen LogP contribution in [-0.4, -0.2) is 12.5 Å². The van der Waals surface area contributed by atoms with E-state index in [0.29, 0.717) is 0 Å². The Morgan fingerprint density at radius 3 is 2.93 bits per heavy atom. The molecule has 2 rings (SSSR count). The van der Waals surface area contributed by atoms with Crippen molar-refractivity contribution in [2.75, 3.05) is 18.3 Å². The Morgan fingerprint density at radius 1 is 1.47 bits per heavy atom. The van der Waals surface area contributed by atoms with Gasteiger partial charge in [-0.2, -0.15) is 0 Å². The summed E-state index contributed by atoms with van der Waals surface area (Å²) in [5.41, 5.74) is 7.75. The lowest BCUT2D eigenvalue weighted by molar-refractivity contribution is 0.171. The highest BCUT2D eigenvalue weighted by Gasteiger charge is 2.20. The van der Waals surface area contributed by atoms with Gasteiger partial charge in [0.25, 0.3) is 0 Å². The molecule has 0 bridgehead atoms. The standard InChI is InChI=1S/C12H17NOS/c1-9-6-11(4-5-12(9)13)15-8-14-7-10-2-3-10/h4-6,10H,2-3,7-8,13H2,1H3. The molecule has 1 saturated carbocycles. The van der Waals surface area contributed by atoms with Gasteiger partial charge in [0.2, 0.25) is 0 Å². The fourth-order valence-corrected chi connectivity index (χ4v) is 2.09. The van der Waals surface area contributed by atoms with Gasteiger partial charge in [0.1, 0.15) is 0 Å². The topological polar surface area (TPSA) is 35.2 Å². The van der Waals surface area contributed by atoms with Gasteiger partial charge in [-0.05, 0) is 49.4 Å². The minimum atomic E-state index is 0.750. The Morgan fingerprint density at radius 2 is 2.27 bits per heavy atom. The molecule has 0 atom stereocenters. The highest BCUT2D eigenvalue weighted by Crippen LogP contribution is 2.29. The third kappa shape index (κ3) is 3.43. The van der Waals surface area contributed by atoms with Crippen LogP contribution >= 0.6 is 11.8 Å². The van der Waals surface area contributed by atoms with E-state index in [-0.39, 0.29) is 0 Å². The van der Waals surface area contributed by atoms with Crippen LogP contribution in [0.2, 0.25) is 0 Å². The van der Waals surface area contributed by atoms with E-state index in [1.165, 1.54) is 17.7 Å². The molecular formula is C12H17NOS. The maximum absolute atomic E-state index is 5.75. The van der Waals surface area contributed by atoms with E-state index in [4.69, 9.17) is 10.5 Å². The summed E-state index contributed by atoms with van der Waals surface area (Å²) >= 11 is 1.74. The SMILES string of the molecule is Cc1cc(SCOCC2CC2)ccc1N. The minimum Gasteiger partial charge on any atom is -0.399 e. The Labute approximate surface area is 95.2 Å². The summed E-state index contributed by atoms with van der Waals surface area (Å²) in [4.78, 5) is 1.23. The van der Waals surface area contributed by atoms with Crippen molar-refractivity contribution >= 4 is 17.4 Å². The van der Waals surface area contributed by atoms with Crippen molar-refractivity contribution < 1.29 is 4.74 Å². The number of rotatable bonds is 5. The molecule has 0 radical (unpaired) electrons. The molecule has 1 aliphatic rings. The van der Waals surface area contributed by atoms with Gasteiger partial charge in [0.05, 0.1) is 12.5 Å². The van der Waals surface area contributed by atoms with Crippen LogP contribution in [0.5, 0.6) is 0 Å². The largest absolute Gasteiger partial charge is 0.399 e. The van der Waals surface area contributed by atoms with E-state index >= 15 is 0 Å². The summed E-state index contributed by atoms with van der Waals surface area (Å²) in [7, 11) is 0. The fraction of sp³-hybridized carbons (Fsp3) is 0.500. The van der Waals surface area contributed by atoms with Crippen LogP contribution < -0.4 is 5.73 Å². The molecule has 0 saturated heterocycles. The Bertz CT molecular complexity index is 336. The van der Waals surface area contributed by atoms with Crippen molar-refractivity contribution in [3.8, 4) is 0 Å². The van der Waals surface area contributed by atoms with E-state index in [0.717, 1.165) is 29.7 Å². The van der Waals surface area contributed by atoms with Gasteiger partial charge in [0, 0.05) is 10.6 Å². The second-order valence-corrected chi connectivity index (χ2v) is 5.09. The molecule has 0 aromatic heterocycles. The summed E-state index contributed by atoms with van der Waals surface area (Å²) in [6, 6.07) is 6.12. The van der Waals surface area contributed by atoms with Crippen molar-refractivity contribution in [1.29, 1.82) is 0 Å². The Kier molecular flexibility index (Phi) is 3.54. The van der Waals surface area contributed by atoms with Crippen molar-refractivity contribution in [2.24, 2.45) is 5.92 Å². The molecule has 1 aliphatic carbocycles. The lowest BCUT2D eigenvalue weighted by Gasteiger charge is -2.05. The van der Waals surface area contributed by atoms with E-state index in [1.807, 2.05) is 19.1 Å². The maximum Gasteiger partial charge on any atom is 0.0967 e. The summed E-state index contributed by atoms with van der Waals surface area (Å²) < 4.78 is 5.56. The number of nitrogens with two attached hydrogens (primary N) is 1. The predicted octanol–water partition coefficient (Wildman–Crippen LogP) is 3.05. The molecule has 2 N–H and O–H groups in total. The van der Waals surface area contributed by atoms with Crippen LogP contribution in [0.15, 0.2) is 23.1 Å². The van der Waals surface area contributed by atoms with E-state index in [9.17, 15) is 0 Å². The number of nitrogen functional groups attached to an aromatic ring is 1. The summed E-state index contributed by atoms with van der Waals surface area (Å²) in [6.45, 7) is 2.96. The minimum absolute atomic E-state index is 0.750. The van der Waals surface area contributed by atoms with Crippen LogP contribution in [0.4, 0.5) is 5.69 Å². The molecule has 0 spiro atoms. The van der Waals surface area contributed by atoms with Gasteiger partial charge >= 0.3 is 0 Å². The van der Waals surface area contributed by atoms with Crippen molar-refractivity contribution in [1.82, 2.24) is 0 Å². The van der Waals surface area contributed by atoms with E-state index in [2.05, 4.69) is 6.07 Å². The Hall–Kier alpha value is -0.670. The van der Waals surface area contributed by atoms with Crippen LogP contribution in [0.25, 0.3) is 0 Å². The van der Waals surface area contributed by atoms with E-state index in [1.54, 1.807) is 11.8 Å². The third-order valence-corrected chi connectivity index (χ3v) is 3.47. The van der Waals surface area contributed by atoms with E-state index < -0.39 is 0 Å². The highest BCUT2D eigenvalue weighted by molar-refractivity contribution is 7.99. The zero-order valence-corrected chi connectivity index (χ0v) is 9.85. The predicted molar refractivity (Wildman–Crippen MR) is 65.0 cm³/mol. The molecule has 15 heavy (non-hydrogen) atoms. The van der Waals surface area contributed by atoms with Crippen LogP contribution in [-0.2, 0) is 4.74 Å². The van der Waals surface area contributed by atoms with Gasteiger partial charge < -0.3 is 10.5 Å². The van der Waals surface area contributed by atoms with Crippen LogP contribution in [0.3, 0.4) is 0 Å². The molecule has 2 nitrogen and oxygen atoms in total. The zero-order valence-electron chi connectivity index (χ0n) is 9.03. The van der Waals surface area contributed by atoms with Gasteiger partial charge in [-0.1, -0.05) is 11.8 Å². The molecule has 0 amide bonds. The molecular weight excluding hydrogens is 206 g/mol. The summed E-state index contributed by atoms with van der Waals surface area (Å²) in [6.07, 6.45) is 2.71. The third-order valence-electron chi connectivity index (χ3n) is 2.60. The number of hydrogen-bond acceptors (Lipinski definition) is 3. The van der Waals surface area contributed by atoms with Crippen molar-refractivity contribution in [3.63, 3.8) is 0 Å². The lowest BCUT2D eigenvalue weighted by Crippen LogP contribution is -1.95. The van der Waals surface area contributed by atoms with Gasteiger partial charge in [-0.25, -0.2) is 0 Å². The normalized spacial score (nSPS) is 15.5. The number of hydrogen-bond donors (Lipinski definition) is 1. The monoisotopic (exact) mass is 223 g/mol. The first kappa shape index (κ1) is 10.8. The number of ether oxygens (including phenoxy) is 1. The highest BCUT2D eigenvalue weighted by atomic mass is 32.2. The fourth-order valence-electron chi connectivity index (χ4n) is 1.35. The first-order chi connectivity index (χ1) is 7.25. The second-order valence-electron chi connectivity index (χ2n) is 4.09. The van der Waals surface area contributed by atoms with Crippen LogP contribution in [0.1, 0.15) is 18.4 Å². The smallest absolute Gasteiger partial charge is 0.0967 e. The average Bonchev–Trinajstić information content (AvgIpc) is 3.02. The molecule has 1 fully saturated rings. The second kappa shape index (κ2) is 4.90. The molecule has 82 valence electrons. The molecule has 0 aliphatic heterocycles. The lowest BCUT2D eigenvalue weighted by atomic mass is 10.2. The molecule has 1 aromatic carbocycles. The Balaban J connectivity index is 1.74. The zero-order chi connectivity index (χ0) is 10.7. The average molecular weight is 223 g/mol. The van der Waals surface area contributed by atoms with Gasteiger partial charge in [-0.15, -0.1) is 0 Å². The molecule has 3 heteroatoms. The molecule has 0 heterocycles.